The van der Waals surface area contributed by atoms with E-state index in [0.717, 1.165) is 18.9 Å². The van der Waals surface area contributed by atoms with Gasteiger partial charge in [0.05, 0.1) is 0 Å². The number of likely N-dealkylation sites (N-methyl/N-ethyl adjacent to an activating group) is 1. The minimum atomic E-state index is -0.360. The van der Waals surface area contributed by atoms with E-state index in [4.69, 9.17) is 5.11 Å². The van der Waals surface area contributed by atoms with Gasteiger partial charge in [0.1, 0.15) is 6.61 Å². The van der Waals surface area contributed by atoms with Gasteiger partial charge in [0.15, 0.2) is 0 Å². The molecule has 1 fully saturated rings. The molecule has 1 rings (SSSR count). The molecule has 0 aliphatic heterocycles. The van der Waals surface area contributed by atoms with Crippen molar-refractivity contribution in [2.75, 3.05) is 20.2 Å². The van der Waals surface area contributed by atoms with Gasteiger partial charge in [-0.15, -0.1) is 0 Å². The number of hydrogen-bond acceptors (Lipinski definition) is 2. The molecule has 0 aromatic carbocycles. The van der Waals surface area contributed by atoms with Crippen LogP contribution in [-0.2, 0) is 4.79 Å². The third kappa shape index (κ3) is 2.48. The van der Waals surface area contributed by atoms with E-state index in [0.29, 0.717) is 0 Å². The fourth-order valence-electron chi connectivity index (χ4n) is 1.40. The van der Waals surface area contributed by atoms with Gasteiger partial charge in [0, 0.05) is 13.6 Å². The Labute approximate surface area is 73.4 Å². The highest BCUT2D eigenvalue weighted by molar-refractivity contribution is 5.76. The molecule has 0 radical (unpaired) electrons. The van der Waals surface area contributed by atoms with Gasteiger partial charge in [0.25, 0.3) is 0 Å². The van der Waals surface area contributed by atoms with Gasteiger partial charge in [0.2, 0.25) is 5.91 Å². The minimum Gasteiger partial charge on any atom is -0.387 e. The highest BCUT2D eigenvalue weighted by atomic mass is 16.3. The number of aliphatic hydroxyl groups excluding tert-OH is 1. The normalized spacial score (nSPS) is 17.2. The van der Waals surface area contributed by atoms with E-state index in [9.17, 15) is 4.79 Å². The quantitative estimate of drug-likeness (QED) is 0.674. The van der Waals surface area contributed by atoms with E-state index >= 15 is 0 Å². The van der Waals surface area contributed by atoms with Crippen LogP contribution in [0.3, 0.4) is 0 Å². The molecule has 1 N–H and O–H groups in total. The van der Waals surface area contributed by atoms with E-state index in [1.165, 1.54) is 19.3 Å². The van der Waals surface area contributed by atoms with Gasteiger partial charge in [-0.3, -0.25) is 4.79 Å². The second-order valence-electron chi connectivity index (χ2n) is 3.56. The first-order valence-corrected chi connectivity index (χ1v) is 4.59. The maximum absolute atomic E-state index is 10.9. The summed E-state index contributed by atoms with van der Waals surface area (Å²) >= 11 is 0. The van der Waals surface area contributed by atoms with Crippen LogP contribution in [0.5, 0.6) is 0 Å². The van der Waals surface area contributed by atoms with Gasteiger partial charge >= 0.3 is 0 Å². The van der Waals surface area contributed by atoms with Crippen LogP contribution in [0, 0.1) is 5.92 Å². The molecule has 3 heteroatoms. The Balaban J connectivity index is 2.08. The lowest BCUT2D eigenvalue weighted by Gasteiger charge is -2.27. The summed E-state index contributed by atoms with van der Waals surface area (Å²) < 4.78 is 0. The number of carbonyl (C=O) groups is 1. The first kappa shape index (κ1) is 9.52. The molecule has 1 aliphatic carbocycles. The maximum atomic E-state index is 10.9. The molecule has 0 atom stereocenters. The molecular formula is C9H17NO2. The molecule has 70 valence electrons. The first-order chi connectivity index (χ1) is 5.74. The topological polar surface area (TPSA) is 40.5 Å². The molecule has 0 spiro atoms. The molecule has 0 unspecified atom stereocenters. The van der Waals surface area contributed by atoms with E-state index in [-0.39, 0.29) is 12.5 Å². The van der Waals surface area contributed by atoms with Crippen LogP contribution in [0.1, 0.15) is 25.7 Å². The molecule has 0 heterocycles. The zero-order chi connectivity index (χ0) is 8.97. The summed E-state index contributed by atoms with van der Waals surface area (Å²) in [4.78, 5) is 12.5. The minimum absolute atomic E-state index is 0.172. The van der Waals surface area contributed by atoms with Gasteiger partial charge in [-0.05, 0) is 12.3 Å². The van der Waals surface area contributed by atoms with E-state index in [1.807, 2.05) is 0 Å². The lowest BCUT2D eigenvalue weighted by Crippen LogP contribution is -2.31. The van der Waals surface area contributed by atoms with Gasteiger partial charge in [-0.1, -0.05) is 19.3 Å². The molecule has 0 aromatic heterocycles. The van der Waals surface area contributed by atoms with Crippen LogP contribution < -0.4 is 0 Å². The van der Waals surface area contributed by atoms with Crippen molar-refractivity contribution in [1.82, 2.24) is 4.90 Å². The fourth-order valence-corrected chi connectivity index (χ4v) is 1.40. The van der Waals surface area contributed by atoms with Crippen molar-refractivity contribution >= 4 is 5.91 Å². The van der Waals surface area contributed by atoms with Crippen LogP contribution in [0.2, 0.25) is 0 Å². The van der Waals surface area contributed by atoms with Crippen LogP contribution in [0.4, 0.5) is 0 Å². The van der Waals surface area contributed by atoms with Crippen molar-refractivity contribution in [1.29, 1.82) is 0 Å². The van der Waals surface area contributed by atoms with Crippen molar-refractivity contribution in [3.63, 3.8) is 0 Å². The predicted octanol–water partition coefficient (Wildman–Crippen LogP) is 0.627. The Bertz CT molecular complexity index is 155. The molecular weight excluding hydrogens is 154 g/mol. The molecule has 1 aliphatic rings. The van der Waals surface area contributed by atoms with Gasteiger partial charge in [-0.2, -0.15) is 0 Å². The molecule has 0 bridgehead atoms. The second-order valence-corrected chi connectivity index (χ2v) is 3.56. The third-order valence-electron chi connectivity index (χ3n) is 2.66. The number of aliphatic hydroxyl groups is 1. The van der Waals surface area contributed by atoms with Crippen LogP contribution >= 0.6 is 0 Å². The maximum Gasteiger partial charge on any atom is 0.248 e. The second kappa shape index (κ2) is 4.45. The summed E-state index contributed by atoms with van der Waals surface area (Å²) in [6, 6.07) is 0. The molecule has 12 heavy (non-hydrogen) atoms. The predicted molar refractivity (Wildman–Crippen MR) is 46.7 cm³/mol. The van der Waals surface area contributed by atoms with Crippen LogP contribution in [0.25, 0.3) is 0 Å². The summed E-state index contributed by atoms with van der Waals surface area (Å²) in [7, 11) is 1.75. The van der Waals surface area contributed by atoms with Crippen LogP contribution in [-0.4, -0.2) is 36.1 Å². The van der Waals surface area contributed by atoms with E-state index in [1.54, 1.807) is 11.9 Å². The van der Waals surface area contributed by atoms with Gasteiger partial charge in [-0.25, -0.2) is 0 Å². The fraction of sp³-hybridized carbons (Fsp3) is 0.889. The molecule has 0 aromatic rings. The Hall–Kier alpha value is -0.570. The number of amides is 1. The lowest BCUT2D eigenvalue weighted by molar-refractivity contribution is -0.133. The largest absolute Gasteiger partial charge is 0.387 e. The summed E-state index contributed by atoms with van der Waals surface area (Å²) in [6.07, 6.45) is 5.09. The molecule has 1 amide bonds. The van der Waals surface area contributed by atoms with Crippen molar-refractivity contribution in [3.05, 3.63) is 0 Å². The van der Waals surface area contributed by atoms with Crippen molar-refractivity contribution in [2.24, 2.45) is 5.92 Å². The Kier molecular flexibility index (Phi) is 3.53. The summed E-state index contributed by atoms with van der Waals surface area (Å²) in [5.74, 6) is 0.660. The lowest BCUT2D eigenvalue weighted by atomic mass is 9.83. The summed E-state index contributed by atoms with van der Waals surface area (Å²) in [5, 5.41) is 8.55. The standard InChI is InChI=1S/C9H17NO2/c1-10(9(12)7-11)6-5-8-3-2-4-8/h8,11H,2-7H2,1H3. The average Bonchev–Trinajstić information content (AvgIpc) is 2.00. The van der Waals surface area contributed by atoms with Crippen LogP contribution in [0.15, 0.2) is 0 Å². The Morgan fingerprint density at radius 3 is 2.67 bits per heavy atom. The van der Waals surface area contributed by atoms with E-state index in [2.05, 4.69) is 0 Å². The van der Waals surface area contributed by atoms with Crippen molar-refractivity contribution < 1.29 is 9.90 Å². The summed E-state index contributed by atoms with van der Waals surface area (Å²) in [6.45, 7) is 0.436. The molecule has 1 saturated carbocycles. The highest BCUT2D eigenvalue weighted by Gasteiger charge is 2.18. The number of nitrogens with zero attached hydrogens (tertiary/aromatic N) is 1. The number of rotatable bonds is 4. The zero-order valence-corrected chi connectivity index (χ0v) is 7.62. The highest BCUT2D eigenvalue weighted by Crippen LogP contribution is 2.29. The van der Waals surface area contributed by atoms with E-state index < -0.39 is 0 Å². The average molecular weight is 171 g/mol. The first-order valence-electron chi connectivity index (χ1n) is 4.59. The zero-order valence-electron chi connectivity index (χ0n) is 7.62. The third-order valence-corrected chi connectivity index (χ3v) is 2.66. The number of carbonyl (C=O) groups excluding carboxylic acids is 1. The van der Waals surface area contributed by atoms with Gasteiger partial charge < -0.3 is 10.0 Å². The molecule has 3 nitrogen and oxygen atoms in total. The SMILES string of the molecule is CN(CCC1CCC1)C(=O)CO. The Morgan fingerprint density at radius 2 is 2.25 bits per heavy atom. The monoisotopic (exact) mass is 171 g/mol. The number of hydrogen-bond donors (Lipinski definition) is 1. The molecule has 0 saturated heterocycles. The Morgan fingerprint density at radius 1 is 1.58 bits per heavy atom. The smallest absolute Gasteiger partial charge is 0.248 e. The van der Waals surface area contributed by atoms with Crippen molar-refractivity contribution in [2.45, 2.75) is 25.7 Å². The summed E-state index contributed by atoms with van der Waals surface area (Å²) in [5.41, 5.74) is 0. The van der Waals surface area contributed by atoms with Crippen molar-refractivity contribution in [3.8, 4) is 0 Å².